The molecule has 2 nitrogen and oxygen atoms in total. The average Bonchev–Trinajstić information content (AvgIpc) is 2.01. The molecule has 76 valence electrons. The maximum absolute atomic E-state index is 12.2. The highest BCUT2D eigenvalue weighted by Crippen LogP contribution is 2.34. The van der Waals surface area contributed by atoms with Gasteiger partial charge in [0, 0.05) is 0 Å². The number of benzene rings is 1. The number of nitrogens with one attached hydrogen (secondary N) is 1. The smallest absolute Gasteiger partial charge is 0.297 e. The zero-order valence-electron chi connectivity index (χ0n) is 6.73. The van der Waals surface area contributed by atoms with Crippen LogP contribution in [0.2, 0.25) is 0 Å². The number of rotatable bonds is 1. The number of hydrogen-bond donors (Lipinski definition) is 1. The molecule has 0 saturated carbocycles. The summed E-state index contributed by atoms with van der Waals surface area (Å²) in [4.78, 5) is 9.95. The Balaban J connectivity index is 3.10. The molecule has 0 aliphatic rings. The highest BCUT2D eigenvalue weighted by atomic mass is 19.4. The van der Waals surface area contributed by atoms with Crippen molar-refractivity contribution in [2.75, 3.05) is 5.32 Å². The summed E-state index contributed by atoms with van der Waals surface area (Å²) in [5.41, 5.74) is -1.67. The lowest BCUT2D eigenvalue weighted by atomic mass is 10.2. The lowest BCUT2D eigenvalue weighted by Gasteiger charge is -2.11. The molecule has 0 aliphatic heterocycles. The van der Waals surface area contributed by atoms with Gasteiger partial charge in [-0.3, -0.25) is 5.32 Å². The van der Waals surface area contributed by atoms with Crippen LogP contribution in [0.15, 0.2) is 24.3 Å². The van der Waals surface area contributed by atoms with E-state index in [1.165, 1.54) is 11.4 Å². The molecule has 0 bridgehead atoms. The standard InChI is InChI=1S/C8H5F4NO/c9-7(14)13-6-4-2-1-3-5(6)8(10,11)12/h1-4H,(H,13,14). The van der Waals surface area contributed by atoms with E-state index in [4.69, 9.17) is 0 Å². The Kier molecular flexibility index (Phi) is 2.73. The average molecular weight is 207 g/mol. The van der Waals surface area contributed by atoms with E-state index in [0.717, 1.165) is 18.2 Å². The van der Waals surface area contributed by atoms with Crippen molar-refractivity contribution in [2.45, 2.75) is 6.18 Å². The molecule has 1 aromatic carbocycles. The normalized spacial score (nSPS) is 11.1. The first-order valence-corrected chi connectivity index (χ1v) is 3.54. The molecule has 14 heavy (non-hydrogen) atoms. The maximum atomic E-state index is 12.2. The summed E-state index contributed by atoms with van der Waals surface area (Å²) < 4.78 is 48.5. The van der Waals surface area contributed by atoms with Crippen molar-refractivity contribution in [1.82, 2.24) is 0 Å². The van der Waals surface area contributed by atoms with Gasteiger partial charge < -0.3 is 0 Å². The molecule has 0 saturated heterocycles. The van der Waals surface area contributed by atoms with Gasteiger partial charge in [0.25, 0.3) is 0 Å². The molecule has 1 rings (SSSR count). The molecule has 0 aromatic heterocycles. The summed E-state index contributed by atoms with van der Waals surface area (Å²) in [6.07, 6.45) is -6.64. The minimum absolute atomic E-state index is 0.590. The van der Waals surface area contributed by atoms with Crippen molar-refractivity contribution in [3.05, 3.63) is 29.8 Å². The zero-order valence-corrected chi connectivity index (χ0v) is 6.73. The van der Waals surface area contributed by atoms with E-state index >= 15 is 0 Å². The summed E-state index contributed by atoms with van der Waals surface area (Å²) in [6.45, 7) is 0. The van der Waals surface area contributed by atoms with Crippen molar-refractivity contribution in [3.8, 4) is 0 Å². The number of hydrogen-bond acceptors (Lipinski definition) is 1. The number of alkyl halides is 3. The topological polar surface area (TPSA) is 29.1 Å². The summed E-state index contributed by atoms with van der Waals surface area (Å²) in [7, 11) is 0. The molecular weight excluding hydrogens is 202 g/mol. The van der Waals surface area contributed by atoms with Gasteiger partial charge in [-0.2, -0.15) is 13.2 Å². The second-order valence-electron chi connectivity index (χ2n) is 2.44. The molecule has 0 atom stereocenters. The highest BCUT2D eigenvalue weighted by Gasteiger charge is 2.33. The van der Waals surface area contributed by atoms with Gasteiger partial charge in [-0.05, 0) is 12.1 Å². The molecule has 0 unspecified atom stereocenters. The highest BCUT2D eigenvalue weighted by molar-refractivity contribution is 5.84. The Bertz CT molecular complexity index is 347. The second kappa shape index (κ2) is 3.65. The van der Waals surface area contributed by atoms with Gasteiger partial charge in [-0.15, -0.1) is 4.39 Å². The van der Waals surface area contributed by atoms with E-state index < -0.39 is 23.6 Å². The van der Waals surface area contributed by atoms with Gasteiger partial charge in [0.15, 0.2) is 0 Å². The molecule has 0 radical (unpaired) electrons. The molecule has 1 aromatic rings. The predicted molar refractivity (Wildman–Crippen MR) is 41.6 cm³/mol. The summed E-state index contributed by atoms with van der Waals surface area (Å²) >= 11 is 0. The van der Waals surface area contributed by atoms with Crippen molar-refractivity contribution in [3.63, 3.8) is 0 Å². The quantitative estimate of drug-likeness (QED) is 0.427. The van der Waals surface area contributed by atoms with Crippen LogP contribution in [0.4, 0.5) is 28.0 Å². The van der Waals surface area contributed by atoms with E-state index in [0.29, 0.717) is 0 Å². The molecule has 0 spiro atoms. The molecular formula is C8H5F4NO. The summed E-state index contributed by atoms with van der Waals surface area (Å²) in [6, 6.07) is 4.14. The van der Waals surface area contributed by atoms with E-state index in [1.807, 2.05) is 0 Å². The first-order valence-electron chi connectivity index (χ1n) is 3.54. The van der Waals surface area contributed by atoms with E-state index in [1.54, 1.807) is 0 Å². The van der Waals surface area contributed by atoms with Gasteiger partial charge in [0.2, 0.25) is 0 Å². The van der Waals surface area contributed by atoms with Gasteiger partial charge in [0.1, 0.15) is 0 Å². The van der Waals surface area contributed by atoms with Gasteiger partial charge in [-0.25, -0.2) is 4.79 Å². The van der Waals surface area contributed by atoms with E-state index in [2.05, 4.69) is 0 Å². The van der Waals surface area contributed by atoms with Crippen molar-refractivity contribution in [1.29, 1.82) is 0 Å². The third-order valence-electron chi connectivity index (χ3n) is 1.47. The molecule has 0 aliphatic carbocycles. The number of halogens is 4. The Morgan fingerprint density at radius 2 is 1.79 bits per heavy atom. The molecule has 1 amide bonds. The number of para-hydroxylation sites is 1. The summed E-state index contributed by atoms with van der Waals surface area (Å²) in [5, 5.41) is 1.45. The lowest BCUT2D eigenvalue weighted by molar-refractivity contribution is -0.136. The van der Waals surface area contributed by atoms with Crippen molar-refractivity contribution >= 4 is 11.8 Å². The first kappa shape index (κ1) is 10.5. The molecule has 0 fully saturated rings. The van der Waals surface area contributed by atoms with Gasteiger partial charge in [-0.1, -0.05) is 12.1 Å². The fourth-order valence-electron chi connectivity index (χ4n) is 0.945. The Morgan fingerprint density at radius 1 is 1.21 bits per heavy atom. The van der Waals surface area contributed by atoms with Gasteiger partial charge in [0.05, 0.1) is 11.3 Å². The Hall–Kier alpha value is -1.59. The number of amides is 1. The van der Waals surface area contributed by atoms with Crippen LogP contribution in [0, 0.1) is 0 Å². The zero-order chi connectivity index (χ0) is 10.8. The van der Waals surface area contributed by atoms with Crippen molar-refractivity contribution < 1.29 is 22.4 Å². The van der Waals surface area contributed by atoms with Crippen LogP contribution < -0.4 is 5.32 Å². The van der Waals surface area contributed by atoms with Crippen LogP contribution in [0.3, 0.4) is 0 Å². The number of carbonyl (C=O) groups is 1. The largest absolute Gasteiger partial charge is 0.418 e. The first-order chi connectivity index (χ1) is 6.41. The van der Waals surface area contributed by atoms with Crippen LogP contribution in [0.5, 0.6) is 0 Å². The van der Waals surface area contributed by atoms with Crippen LogP contribution in [0.1, 0.15) is 5.56 Å². The number of carbonyl (C=O) groups excluding carboxylic acids is 1. The minimum atomic E-state index is -4.61. The van der Waals surface area contributed by atoms with Gasteiger partial charge >= 0.3 is 12.3 Å². The monoisotopic (exact) mass is 207 g/mol. The molecule has 6 heteroatoms. The molecule has 0 heterocycles. The summed E-state index contributed by atoms with van der Waals surface area (Å²) in [5.74, 6) is 0. The fourth-order valence-corrected chi connectivity index (χ4v) is 0.945. The maximum Gasteiger partial charge on any atom is 0.418 e. The third kappa shape index (κ3) is 2.45. The Morgan fingerprint density at radius 3 is 2.29 bits per heavy atom. The fraction of sp³-hybridized carbons (Fsp3) is 0.125. The van der Waals surface area contributed by atoms with Crippen LogP contribution >= 0.6 is 0 Å². The van der Waals surface area contributed by atoms with Crippen molar-refractivity contribution in [2.24, 2.45) is 0 Å². The van der Waals surface area contributed by atoms with Crippen LogP contribution in [0.25, 0.3) is 0 Å². The van der Waals surface area contributed by atoms with Crippen LogP contribution in [-0.2, 0) is 6.18 Å². The van der Waals surface area contributed by atoms with Crippen LogP contribution in [-0.4, -0.2) is 6.16 Å². The molecule has 1 N–H and O–H groups in total. The SMILES string of the molecule is O=C(F)Nc1ccccc1C(F)(F)F. The van der Waals surface area contributed by atoms with E-state index in [-0.39, 0.29) is 0 Å². The Labute approximate surface area is 76.5 Å². The third-order valence-corrected chi connectivity index (χ3v) is 1.47. The number of anilines is 1. The predicted octanol–water partition coefficient (Wildman–Crippen LogP) is 3.21. The second-order valence-corrected chi connectivity index (χ2v) is 2.44. The van der Waals surface area contributed by atoms with E-state index in [9.17, 15) is 22.4 Å². The minimum Gasteiger partial charge on any atom is -0.297 e. The lowest BCUT2D eigenvalue weighted by Crippen LogP contribution is -2.12.